The third-order valence-electron chi connectivity index (χ3n) is 4.14. The fourth-order valence-corrected chi connectivity index (χ4v) is 3.01. The SMILES string of the molecule is Cc1ccc(C(C)(C)C)cc1C1(CC(C)N)COC1. The summed E-state index contributed by atoms with van der Waals surface area (Å²) in [4.78, 5) is 0. The Balaban J connectivity index is 2.43. The van der Waals surface area contributed by atoms with Gasteiger partial charge in [-0.2, -0.15) is 0 Å². The van der Waals surface area contributed by atoms with Crippen LogP contribution in [0.4, 0.5) is 0 Å². The molecular formula is C17H27NO. The number of aryl methyl sites for hydroxylation is 1. The summed E-state index contributed by atoms with van der Waals surface area (Å²) in [5.74, 6) is 0. The van der Waals surface area contributed by atoms with Crippen LogP contribution >= 0.6 is 0 Å². The predicted molar refractivity (Wildman–Crippen MR) is 80.6 cm³/mol. The second-order valence-corrected chi connectivity index (χ2v) is 7.23. The summed E-state index contributed by atoms with van der Waals surface area (Å²) in [5, 5.41) is 0. The topological polar surface area (TPSA) is 35.2 Å². The lowest BCUT2D eigenvalue weighted by atomic mass is 9.71. The molecule has 19 heavy (non-hydrogen) atoms. The highest BCUT2D eigenvalue weighted by atomic mass is 16.5. The molecule has 0 radical (unpaired) electrons. The van der Waals surface area contributed by atoms with Crippen molar-refractivity contribution in [3.8, 4) is 0 Å². The zero-order valence-electron chi connectivity index (χ0n) is 12.9. The average Bonchev–Trinajstić information content (AvgIpc) is 2.22. The summed E-state index contributed by atoms with van der Waals surface area (Å²) in [5.41, 5.74) is 10.5. The smallest absolute Gasteiger partial charge is 0.0586 e. The minimum Gasteiger partial charge on any atom is -0.379 e. The third-order valence-corrected chi connectivity index (χ3v) is 4.14. The van der Waals surface area contributed by atoms with Crippen LogP contribution in [0.15, 0.2) is 18.2 Å². The maximum absolute atomic E-state index is 6.04. The van der Waals surface area contributed by atoms with E-state index in [1.165, 1.54) is 16.7 Å². The van der Waals surface area contributed by atoms with Gasteiger partial charge >= 0.3 is 0 Å². The molecule has 0 saturated carbocycles. The molecule has 1 aliphatic rings. The van der Waals surface area contributed by atoms with E-state index in [4.69, 9.17) is 10.5 Å². The van der Waals surface area contributed by atoms with Crippen LogP contribution in [0.2, 0.25) is 0 Å². The van der Waals surface area contributed by atoms with Crippen molar-refractivity contribution in [3.63, 3.8) is 0 Å². The molecule has 1 fully saturated rings. The number of hydrogen-bond acceptors (Lipinski definition) is 2. The van der Waals surface area contributed by atoms with Crippen molar-refractivity contribution in [1.29, 1.82) is 0 Å². The molecule has 0 spiro atoms. The zero-order chi connectivity index (χ0) is 14.3. The maximum atomic E-state index is 6.04. The lowest BCUT2D eigenvalue weighted by molar-refractivity contribution is -0.0668. The van der Waals surface area contributed by atoms with E-state index in [2.05, 4.69) is 52.8 Å². The standard InChI is InChI=1S/C17H27NO/c1-12-6-7-14(16(3,4)5)8-15(12)17(9-13(2)18)10-19-11-17/h6-8,13H,9-11,18H2,1-5H3. The lowest BCUT2D eigenvalue weighted by Crippen LogP contribution is -2.50. The largest absolute Gasteiger partial charge is 0.379 e. The molecule has 2 nitrogen and oxygen atoms in total. The third kappa shape index (κ3) is 2.85. The van der Waals surface area contributed by atoms with Crippen LogP contribution in [0.3, 0.4) is 0 Å². The lowest BCUT2D eigenvalue weighted by Gasteiger charge is -2.44. The van der Waals surface area contributed by atoms with Gasteiger partial charge in [-0.3, -0.25) is 0 Å². The number of hydrogen-bond donors (Lipinski definition) is 1. The van der Waals surface area contributed by atoms with Crippen LogP contribution in [0.5, 0.6) is 0 Å². The normalized spacial score (nSPS) is 19.9. The zero-order valence-corrected chi connectivity index (χ0v) is 12.9. The van der Waals surface area contributed by atoms with E-state index < -0.39 is 0 Å². The summed E-state index contributed by atoms with van der Waals surface area (Å²) in [7, 11) is 0. The summed E-state index contributed by atoms with van der Waals surface area (Å²) >= 11 is 0. The Morgan fingerprint density at radius 2 is 1.95 bits per heavy atom. The Labute approximate surface area is 117 Å². The first-order chi connectivity index (χ1) is 8.74. The van der Waals surface area contributed by atoms with Crippen LogP contribution in [0.1, 0.15) is 50.8 Å². The van der Waals surface area contributed by atoms with E-state index in [-0.39, 0.29) is 16.9 Å². The number of benzene rings is 1. The van der Waals surface area contributed by atoms with Crippen molar-refractivity contribution in [2.45, 2.75) is 57.9 Å². The molecule has 1 aliphatic heterocycles. The maximum Gasteiger partial charge on any atom is 0.0586 e. The molecule has 1 unspecified atom stereocenters. The highest BCUT2D eigenvalue weighted by Crippen LogP contribution is 2.40. The molecule has 1 atom stereocenters. The summed E-state index contributed by atoms with van der Waals surface area (Å²) in [6.45, 7) is 12.7. The van der Waals surface area contributed by atoms with Gasteiger partial charge in [-0.05, 0) is 42.4 Å². The van der Waals surface area contributed by atoms with Gasteiger partial charge in [0, 0.05) is 11.5 Å². The average molecular weight is 261 g/mol. The first kappa shape index (κ1) is 14.5. The van der Waals surface area contributed by atoms with Gasteiger partial charge in [0.2, 0.25) is 0 Å². The molecule has 0 aromatic heterocycles. The molecule has 2 rings (SSSR count). The van der Waals surface area contributed by atoms with Crippen molar-refractivity contribution < 1.29 is 4.74 Å². The highest BCUT2D eigenvalue weighted by Gasteiger charge is 2.42. The molecular weight excluding hydrogens is 234 g/mol. The fourth-order valence-electron chi connectivity index (χ4n) is 3.01. The highest BCUT2D eigenvalue weighted by molar-refractivity contribution is 5.41. The van der Waals surface area contributed by atoms with Gasteiger partial charge in [-0.15, -0.1) is 0 Å². The van der Waals surface area contributed by atoms with Gasteiger partial charge in [0.15, 0.2) is 0 Å². The van der Waals surface area contributed by atoms with Gasteiger partial charge < -0.3 is 10.5 Å². The molecule has 0 aliphatic carbocycles. The summed E-state index contributed by atoms with van der Waals surface area (Å²) in [6, 6.07) is 7.08. The van der Waals surface area contributed by atoms with Crippen molar-refractivity contribution in [2.75, 3.05) is 13.2 Å². The summed E-state index contributed by atoms with van der Waals surface area (Å²) < 4.78 is 5.52. The van der Waals surface area contributed by atoms with E-state index in [1.54, 1.807) is 0 Å². The Bertz CT molecular complexity index is 453. The number of rotatable bonds is 3. The van der Waals surface area contributed by atoms with Crippen LogP contribution in [-0.4, -0.2) is 19.3 Å². The van der Waals surface area contributed by atoms with Gasteiger partial charge in [0.25, 0.3) is 0 Å². The van der Waals surface area contributed by atoms with Crippen LogP contribution in [0, 0.1) is 6.92 Å². The van der Waals surface area contributed by atoms with Crippen LogP contribution in [0.25, 0.3) is 0 Å². The first-order valence-electron chi connectivity index (χ1n) is 7.19. The quantitative estimate of drug-likeness (QED) is 0.906. The van der Waals surface area contributed by atoms with Crippen molar-refractivity contribution in [2.24, 2.45) is 5.73 Å². The van der Waals surface area contributed by atoms with Crippen molar-refractivity contribution in [1.82, 2.24) is 0 Å². The Morgan fingerprint density at radius 3 is 2.37 bits per heavy atom. The van der Waals surface area contributed by atoms with Crippen molar-refractivity contribution >= 4 is 0 Å². The van der Waals surface area contributed by atoms with E-state index in [0.717, 1.165) is 19.6 Å². The van der Waals surface area contributed by atoms with Gasteiger partial charge in [0.05, 0.1) is 13.2 Å². The monoisotopic (exact) mass is 261 g/mol. The molecule has 2 N–H and O–H groups in total. The molecule has 1 aromatic carbocycles. The minimum atomic E-state index is 0.138. The second-order valence-electron chi connectivity index (χ2n) is 7.23. The van der Waals surface area contributed by atoms with Gasteiger partial charge in [-0.1, -0.05) is 39.0 Å². The van der Waals surface area contributed by atoms with E-state index in [1.807, 2.05) is 0 Å². The predicted octanol–water partition coefficient (Wildman–Crippen LogP) is 3.30. The molecule has 0 bridgehead atoms. The van der Waals surface area contributed by atoms with Crippen LogP contribution in [-0.2, 0) is 15.6 Å². The second kappa shape index (κ2) is 4.92. The Morgan fingerprint density at radius 1 is 1.32 bits per heavy atom. The molecule has 2 heteroatoms. The molecule has 0 amide bonds. The van der Waals surface area contributed by atoms with Crippen molar-refractivity contribution in [3.05, 3.63) is 34.9 Å². The Kier molecular flexibility index (Phi) is 3.76. The van der Waals surface area contributed by atoms with Gasteiger partial charge in [-0.25, -0.2) is 0 Å². The van der Waals surface area contributed by atoms with E-state index >= 15 is 0 Å². The molecule has 1 heterocycles. The number of ether oxygens (including phenoxy) is 1. The van der Waals surface area contributed by atoms with Crippen LogP contribution < -0.4 is 5.73 Å². The van der Waals surface area contributed by atoms with Gasteiger partial charge in [0.1, 0.15) is 0 Å². The Hall–Kier alpha value is -0.860. The first-order valence-corrected chi connectivity index (χ1v) is 7.19. The number of nitrogens with two attached hydrogens (primary N) is 1. The molecule has 1 aromatic rings. The fraction of sp³-hybridized carbons (Fsp3) is 0.647. The molecule has 1 saturated heterocycles. The van der Waals surface area contributed by atoms with E-state index in [0.29, 0.717) is 0 Å². The van der Waals surface area contributed by atoms with E-state index in [9.17, 15) is 0 Å². The minimum absolute atomic E-state index is 0.138. The molecule has 106 valence electrons. The summed E-state index contributed by atoms with van der Waals surface area (Å²) in [6.07, 6.45) is 1.00.